The lowest BCUT2D eigenvalue weighted by molar-refractivity contribution is -0.634. The Bertz CT molecular complexity index is 159. The second kappa shape index (κ2) is 4.48. The highest BCUT2D eigenvalue weighted by Crippen LogP contribution is 1.92. The predicted molar refractivity (Wildman–Crippen MR) is 36.4 cm³/mol. The van der Waals surface area contributed by atoms with Crippen LogP contribution in [0.2, 0.25) is 0 Å². The van der Waals surface area contributed by atoms with Crippen LogP contribution in [0.15, 0.2) is 0 Å². The van der Waals surface area contributed by atoms with Crippen LogP contribution < -0.4 is 0 Å². The molecule has 0 heterocycles. The third-order valence-electron chi connectivity index (χ3n) is 0.975. The Morgan fingerprint density at radius 1 is 1.64 bits per heavy atom. The number of hydrazine groups is 1. The number of carbonyl (C=O) groups is 1. The fourth-order valence-electron chi connectivity index (χ4n) is 0.509. The molecule has 64 valence electrons. The van der Waals surface area contributed by atoms with Gasteiger partial charge in [-0.1, -0.05) is 0 Å². The molecule has 0 aliphatic heterocycles. The third kappa shape index (κ3) is 2.83. The summed E-state index contributed by atoms with van der Waals surface area (Å²) < 4.78 is 4.40. The second-order valence-corrected chi connectivity index (χ2v) is 1.65. The highest BCUT2D eigenvalue weighted by atomic mass is 16.7. The molecule has 11 heavy (non-hydrogen) atoms. The Morgan fingerprint density at radius 2 is 2.18 bits per heavy atom. The number of nitro groups is 1. The van der Waals surface area contributed by atoms with Gasteiger partial charge in [-0.2, -0.15) is 0 Å². The van der Waals surface area contributed by atoms with Gasteiger partial charge in [0.25, 0.3) is 0 Å². The molecule has 6 heteroatoms. The van der Waals surface area contributed by atoms with Crippen molar-refractivity contribution >= 4 is 6.09 Å². The first-order chi connectivity index (χ1) is 5.13. The third-order valence-corrected chi connectivity index (χ3v) is 0.975. The molecule has 0 aromatic carbocycles. The monoisotopic (exact) mass is 162 g/mol. The van der Waals surface area contributed by atoms with E-state index in [2.05, 4.69) is 4.74 Å². The summed E-state index contributed by atoms with van der Waals surface area (Å²) in [6.07, 6.45) is -0.917. The number of amides is 1. The normalized spacial score (nSPS) is 8.91. The minimum absolute atomic E-state index is 0.00579. The molecule has 0 spiro atoms. The van der Waals surface area contributed by atoms with Crippen LogP contribution in [0.3, 0.4) is 0 Å². The van der Waals surface area contributed by atoms with Gasteiger partial charge in [0.15, 0.2) is 5.03 Å². The summed E-state index contributed by atoms with van der Waals surface area (Å²) in [7, 11) is 0. The lowest BCUT2D eigenvalue weighted by Gasteiger charge is -2.08. The molecule has 0 radical (unpaired) electrons. The number of carbonyl (C=O) groups excluding carboxylic acids is 1. The van der Waals surface area contributed by atoms with Crippen molar-refractivity contribution in [3.63, 3.8) is 0 Å². The summed E-state index contributed by atoms with van der Waals surface area (Å²) in [5.74, 6) is 0. The Morgan fingerprint density at radius 3 is 2.45 bits per heavy atom. The van der Waals surface area contributed by atoms with Crippen LogP contribution in [0, 0.1) is 10.1 Å². The van der Waals surface area contributed by atoms with Crippen LogP contribution in [-0.4, -0.2) is 29.3 Å². The lowest BCUT2D eigenvalue weighted by Crippen LogP contribution is -2.36. The van der Waals surface area contributed by atoms with Crippen LogP contribution in [0.4, 0.5) is 4.79 Å². The largest absolute Gasteiger partial charge is 0.468 e. The summed E-state index contributed by atoms with van der Waals surface area (Å²) in [5.41, 5.74) is 0. The zero-order valence-electron chi connectivity index (χ0n) is 6.44. The van der Waals surface area contributed by atoms with Crippen molar-refractivity contribution < 1.29 is 14.6 Å². The fourth-order valence-corrected chi connectivity index (χ4v) is 0.509. The number of hydrogen-bond donors (Lipinski definition) is 0. The van der Waals surface area contributed by atoms with Gasteiger partial charge in [-0.05, 0) is 18.9 Å². The van der Waals surface area contributed by atoms with Crippen LogP contribution in [0.1, 0.15) is 13.8 Å². The molecular formula is C5H10N2O4. The first kappa shape index (κ1) is 9.67. The molecule has 0 aliphatic rings. The summed E-state index contributed by atoms with van der Waals surface area (Å²) in [4.78, 5) is 20.8. The number of ether oxygens (including phenoxy) is 1. The summed E-state index contributed by atoms with van der Waals surface area (Å²) in [6.45, 7) is 3.24. The highest BCUT2D eigenvalue weighted by Gasteiger charge is 2.22. The first-order valence-electron chi connectivity index (χ1n) is 3.22. The van der Waals surface area contributed by atoms with Crippen LogP contribution in [0.5, 0.6) is 0 Å². The molecule has 0 fully saturated rings. The van der Waals surface area contributed by atoms with Crippen molar-refractivity contribution in [2.45, 2.75) is 13.8 Å². The quantitative estimate of drug-likeness (QED) is 0.451. The van der Waals surface area contributed by atoms with Gasteiger partial charge in [-0.25, -0.2) is 14.9 Å². The van der Waals surface area contributed by atoms with E-state index in [0.717, 1.165) is 0 Å². The number of hydrogen-bond acceptors (Lipinski definition) is 4. The van der Waals surface area contributed by atoms with E-state index in [1.54, 1.807) is 6.92 Å². The number of nitrogens with zero attached hydrogens (tertiary/aromatic N) is 2. The second-order valence-electron chi connectivity index (χ2n) is 1.65. The van der Waals surface area contributed by atoms with Gasteiger partial charge >= 0.3 is 6.09 Å². The van der Waals surface area contributed by atoms with Crippen LogP contribution in [-0.2, 0) is 4.74 Å². The Kier molecular flexibility index (Phi) is 3.94. The smallest absolute Gasteiger partial charge is 0.446 e. The molecule has 1 amide bonds. The van der Waals surface area contributed by atoms with Gasteiger partial charge in [-0.3, -0.25) is 0 Å². The molecule has 0 aromatic rings. The molecule has 0 N–H and O–H groups in total. The standard InChI is InChI=1S/C5H10N2O4/c1-3-6(7(9)10)5(8)11-4-2/h3-4H2,1-2H3. The predicted octanol–water partition coefficient (Wildman–Crippen LogP) is 0.656. The molecular weight excluding hydrogens is 152 g/mol. The van der Waals surface area contributed by atoms with E-state index in [-0.39, 0.29) is 13.2 Å². The first-order valence-corrected chi connectivity index (χ1v) is 3.22. The topological polar surface area (TPSA) is 72.7 Å². The lowest BCUT2D eigenvalue weighted by atomic mass is 10.7. The summed E-state index contributed by atoms with van der Waals surface area (Å²) >= 11 is 0. The van der Waals surface area contributed by atoms with Crippen molar-refractivity contribution in [1.29, 1.82) is 0 Å². The van der Waals surface area contributed by atoms with Crippen molar-refractivity contribution in [3.05, 3.63) is 10.1 Å². The minimum atomic E-state index is -0.917. The maximum absolute atomic E-state index is 10.7. The van der Waals surface area contributed by atoms with Gasteiger partial charge in [0.05, 0.1) is 13.2 Å². The summed E-state index contributed by atoms with van der Waals surface area (Å²) in [5, 5.41) is 9.69. The van der Waals surface area contributed by atoms with Crippen molar-refractivity contribution in [2.75, 3.05) is 13.2 Å². The molecule has 0 rings (SSSR count). The maximum Gasteiger partial charge on any atom is 0.468 e. The van der Waals surface area contributed by atoms with E-state index in [0.29, 0.717) is 5.01 Å². The van der Waals surface area contributed by atoms with E-state index in [4.69, 9.17) is 0 Å². The Balaban J connectivity index is 4.03. The van der Waals surface area contributed by atoms with E-state index in [9.17, 15) is 14.9 Å². The molecule has 0 saturated carbocycles. The molecule has 0 aliphatic carbocycles. The SMILES string of the molecule is CCOC(=O)N(CC)[N+](=O)[O-]. The van der Waals surface area contributed by atoms with Gasteiger partial charge in [0, 0.05) is 0 Å². The highest BCUT2D eigenvalue weighted by molar-refractivity contribution is 5.65. The molecule has 0 atom stereocenters. The van der Waals surface area contributed by atoms with E-state index < -0.39 is 11.1 Å². The van der Waals surface area contributed by atoms with Crippen LogP contribution >= 0.6 is 0 Å². The van der Waals surface area contributed by atoms with Gasteiger partial charge in [0.2, 0.25) is 0 Å². The minimum Gasteiger partial charge on any atom is -0.446 e. The maximum atomic E-state index is 10.7. The number of rotatable bonds is 3. The Hall–Kier alpha value is -1.33. The van der Waals surface area contributed by atoms with Gasteiger partial charge in [0.1, 0.15) is 0 Å². The summed E-state index contributed by atoms with van der Waals surface area (Å²) in [6, 6.07) is 0. The van der Waals surface area contributed by atoms with Crippen molar-refractivity contribution in [1.82, 2.24) is 5.01 Å². The van der Waals surface area contributed by atoms with Gasteiger partial charge in [-0.15, -0.1) is 0 Å². The molecule has 0 aromatic heterocycles. The fraction of sp³-hybridized carbons (Fsp3) is 0.800. The van der Waals surface area contributed by atoms with Crippen molar-refractivity contribution in [2.24, 2.45) is 0 Å². The van der Waals surface area contributed by atoms with E-state index in [1.165, 1.54) is 6.92 Å². The zero-order valence-corrected chi connectivity index (χ0v) is 6.44. The Labute approximate surface area is 63.9 Å². The van der Waals surface area contributed by atoms with E-state index >= 15 is 0 Å². The van der Waals surface area contributed by atoms with E-state index in [1.807, 2.05) is 0 Å². The molecule has 0 saturated heterocycles. The average Bonchev–Trinajstić information content (AvgIpc) is 1.88. The average molecular weight is 162 g/mol. The van der Waals surface area contributed by atoms with Crippen molar-refractivity contribution in [3.8, 4) is 0 Å². The molecule has 6 nitrogen and oxygen atoms in total. The zero-order chi connectivity index (χ0) is 8.85. The van der Waals surface area contributed by atoms with Gasteiger partial charge < -0.3 is 4.74 Å². The molecule has 0 bridgehead atoms. The van der Waals surface area contributed by atoms with Crippen LogP contribution in [0.25, 0.3) is 0 Å². The molecule has 0 unspecified atom stereocenters.